The van der Waals surface area contributed by atoms with Gasteiger partial charge < -0.3 is 10.5 Å². The highest BCUT2D eigenvalue weighted by atomic mass is 16.6. The van der Waals surface area contributed by atoms with E-state index >= 15 is 0 Å². The van der Waals surface area contributed by atoms with Gasteiger partial charge >= 0.3 is 5.97 Å². The van der Waals surface area contributed by atoms with Gasteiger partial charge in [-0.1, -0.05) is 12.8 Å². The van der Waals surface area contributed by atoms with Crippen LogP contribution in [-0.2, 0) is 9.53 Å². The minimum atomic E-state index is -0.392. The second-order valence-corrected chi connectivity index (χ2v) is 5.23. The first-order valence-electron chi connectivity index (χ1n) is 5.34. The zero-order valence-electron chi connectivity index (χ0n) is 9.38. The van der Waals surface area contributed by atoms with Crippen LogP contribution in [0.3, 0.4) is 0 Å². The van der Waals surface area contributed by atoms with Crippen LogP contribution in [0.15, 0.2) is 0 Å². The Morgan fingerprint density at radius 2 is 2.07 bits per heavy atom. The van der Waals surface area contributed by atoms with E-state index in [1.54, 1.807) is 0 Å². The standard InChI is InChI=1S/C11H21NO2/c1-11(2,3)14-10(13)7-9(12)6-8-4-5-8/h8-9H,4-7,12H2,1-3H3/t9-/m1/s1. The summed E-state index contributed by atoms with van der Waals surface area (Å²) in [5.74, 6) is 0.595. The second kappa shape index (κ2) is 4.30. The number of rotatable bonds is 4. The minimum Gasteiger partial charge on any atom is -0.460 e. The Morgan fingerprint density at radius 3 is 2.50 bits per heavy atom. The van der Waals surface area contributed by atoms with E-state index in [2.05, 4.69) is 0 Å². The number of ether oxygens (including phenoxy) is 1. The third-order valence-corrected chi connectivity index (χ3v) is 2.18. The normalized spacial score (nSPS) is 19.1. The SMILES string of the molecule is CC(C)(C)OC(=O)C[C@H](N)CC1CC1. The molecular formula is C11H21NO2. The molecule has 82 valence electrons. The summed E-state index contributed by atoms with van der Waals surface area (Å²) < 4.78 is 5.19. The van der Waals surface area contributed by atoms with Gasteiger partial charge in [-0.3, -0.25) is 4.79 Å². The molecule has 2 N–H and O–H groups in total. The summed E-state index contributed by atoms with van der Waals surface area (Å²) in [6, 6.07) is -0.0163. The van der Waals surface area contributed by atoms with Crippen LogP contribution in [0.5, 0.6) is 0 Å². The molecule has 0 aliphatic heterocycles. The van der Waals surface area contributed by atoms with Crippen molar-refractivity contribution in [1.29, 1.82) is 0 Å². The maximum atomic E-state index is 11.4. The highest BCUT2D eigenvalue weighted by Crippen LogP contribution is 2.33. The lowest BCUT2D eigenvalue weighted by atomic mass is 10.1. The number of nitrogens with two attached hydrogens (primary N) is 1. The summed E-state index contributed by atoms with van der Waals surface area (Å²) in [4.78, 5) is 11.4. The number of hydrogen-bond donors (Lipinski definition) is 1. The Morgan fingerprint density at radius 1 is 1.50 bits per heavy atom. The van der Waals surface area contributed by atoms with E-state index in [0.717, 1.165) is 12.3 Å². The molecule has 0 aromatic rings. The molecule has 0 unspecified atom stereocenters. The van der Waals surface area contributed by atoms with Crippen molar-refractivity contribution < 1.29 is 9.53 Å². The summed E-state index contributed by atoms with van der Waals surface area (Å²) in [5, 5.41) is 0. The summed E-state index contributed by atoms with van der Waals surface area (Å²) >= 11 is 0. The first-order chi connectivity index (χ1) is 6.37. The van der Waals surface area contributed by atoms with E-state index in [0.29, 0.717) is 6.42 Å². The Kier molecular flexibility index (Phi) is 3.53. The van der Waals surface area contributed by atoms with Crippen LogP contribution in [0, 0.1) is 5.92 Å². The van der Waals surface area contributed by atoms with Gasteiger partial charge in [0.25, 0.3) is 0 Å². The zero-order valence-corrected chi connectivity index (χ0v) is 9.38. The van der Waals surface area contributed by atoms with Crippen molar-refractivity contribution in [2.24, 2.45) is 11.7 Å². The van der Waals surface area contributed by atoms with Crippen molar-refractivity contribution in [3.05, 3.63) is 0 Å². The molecule has 0 spiro atoms. The maximum absolute atomic E-state index is 11.4. The summed E-state index contributed by atoms with van der Waals surface area (Å²) in [6.45, 7) is 5.62. The average Bonchev–Trinajstić information content (AvgIpc) is 2.64. The molecule has 1 aliphatic carbocycles. The van der Waals surface area contributed by atoms with Crippen LogP contribution in [0.25, 0.3) is 0 Å². The summed E-state index contributed by atoms with van der Waals surface area (Å²) in [6.07, 6.45) is 3.89. The van der Waals surface area contributed by atoms with E-state index < -0.39 is 5.60 Å². The van der Waals surface area contributed by atoms with Gasteiger partial charge in [-0.05, 0) is 33.1 Å². The molecule has 0 amide bonds. The molecule has 14 heavy (non-hydrogen) atoms. The predicted molar refractivity (Wildman–Crippen MR) is 55.8 cm³/mol. The first-order valence-corrected chi connectivity index (χ1v) is 5.34. The number of esters is 1. The zero-order chi connectivity index (χ0) is 10.8. The van der Waals surface area contributed by atoms with E-state index in [-0.39, 0.29) is 12.0 Å². The van der Waals surface area contributed by atoms with Crippen LogP contribution in [0.4, 0.5) is 0 Å². The number of carbonyl (C=O) groups excluding carboxylic acids is 1. The van der Waals surface area contributed by atoms with Gasteiger partial charge in [0.2, 0.25) is 0 Å². The summed E-state index contributed by atoms with van der Waals surface area (Å²) in [7, 11) is 0. The van der Waals surface area contributed by atoms with Gasteiger partial charge in [-0.15, -0.1) is 0 Å². The second-order valence-electron chi connectivity index (χ2n) is 5.23. The van der Waals surface area contributed by atoms with Gasteiger partial charge in [0.05, 0.1) is 6.42 Å². The Bertz CT molecular complexity index is 204. The number of hydrogen-bond acceptors (Lipinski definition) is 3. The van der Waals surface area contributed by atoms with Crippen molar-refractivity contribution in [1.82, 2.24) is 0 Å². The molecular weight excluding hydrogens is 178 g/mol. The third-order valence-electron chi connectivity index (χ3n) is 2.18. The van der Waals surface area contributed by atoms with Gasteiger partial charge in [-0.25, -0.2) is 0 Å². The molecule has 1 rings (SSSR count). The van der Waals surface area contributed by atoms with Gasteiger partial charge in [0, 0.05) is 6.04 Å². The molecule has 0 radical (unpaired) electrons. The minimum absolute atomic E-state index is 0.0163. The molecule has 3 nitrogen and oxygen atoms in total. The lowest BCUT2D eigenvalue weighted by Crippen LogP contribution is -2.30. The molecule has 1 aliphatic rings. The molecule has 0 aromatic carbocycles. The Balaban J connectivity index is 2.18. The van der Waals surface area contributed by atoms with Crippen LogP contribution < -0.4 is 5.73 Å². The van der Waals surface area contributed by atoms with E-state index in [9.17, 15) is 4.79 Å². The highest BCUT2D eigenvalue weighted by molar-refractivity contribution is 5.70. The quantitative estimate of drug-likeness (QED) is 0.703. The topological polar surface area (TPSA) is 52.3 Å². The van der Waals surface area contributed by atoms with Gasteiger partial charge in [0.15, 0.2) is 0 Å². The predicted octanol–water partition coefficient (Wildman–Crippen LogP) is 1.85. The van der Waals surface area contributed by atoms with E-state index in [4.69, 9.17) is 10.5 Å². The maximum Gasteiger partial charge on any atom is 0.307 e. The average molecular weight is 199 g/mol. The van der Waals surface area contributed by atoms with E-state index in [1.807, 2.05) is 20.8 Å². The monoisotopic (exact) mass is 199 g/mol. The first kappa shape index (κ1) is 11.5. The summed E-state index contributed by atoms with van der Waals surface area (Å²) in [5.41, 5.74) is 5.44. The largest absolute Gasteiger partial charge is 0.460 e. The molecule has 1 fully saturated rings. The van der Waals surface area contributed by atoms with Gasteiger partial charge in [-0.2, -0.15) is 0 Å². The lowest BCUT2D eigenvalue weighted by Gasteiger charge is -2.20. The fraction of sp³-hybridized carbons (Fsp3) is 0.909. The molecule has 0 aromatic heterocycles. The van der Waals surface area contributed by atoms with Crippen LogP contribution >= 0.6 is 0 Å². The molecule has 1 atom stereocenters. The van der Waals surface area contributed by atoms with Crippen molar-refractivity contribution in [3.8, 4) is 0 Å². The van der Waals surface area contributed by atoms with Crippen molar-refractivity contribution in [2.75, 3.05) is 0 Å². The smallest absolute Gasteiger partial charge is 0.307 e. The van der Waals surface area contributed by atoms with Crippen LogP contribution in [0.2, 0.25) is 0 Å². The lowest BCUT2D eigenvalue weighted by molar-refractivity contribution is -0.155. The van der Waals surface area contributed by atoms with Crippen LogP contribution in [-0.4, -0.2) is 17.6 Å². The van der Waals surface area contributed by atoms with Gasteiger partial charge in [0.1, 0.15) is 5.60 Å². The van der Waals surface area contributed by atoms with E-state index in [1.165, 1.54) is 12.8 Å². The Hall–Kier alpha value is -0.570. The van der Waals surface area contributed by atoms with Crippen molar-refractivity contribution >= 4 is 5.97 Å². The molecule has 0 saturated heterocycles. The highest BCUT2D eigenvalue weighted by Gasteiger charge is 2.26. The third kappa shape index (κ3) is 5.22. The van der Waals surface area contributed by atoms with Crippen LogP contribution in [0.1, 0.15) is 46.5 Å². The van der Waals surface area contributed by atoms with Crippen molar-refractivity contribution in [3.63, 3.8) is 0 Å². The molecule has 0 bridgehead atoms. The molecule has 3 heteroatoms. The fourth-order valence-electron chi connectivity index (χ4n) is 1.46. The molecule has 1 saturated carbocycles. The molecule has 0 heterocycles. The Labute approximate surface area is 86.0 Å². The number of carbonyl (C=O) groups is 1. The van der Waals surface area contributed by atoms with Crippen molar-refractivity contribution in [2.45, 2.75) is 58.1 Å². The fourth-order valence-corrected chi connectivity index (χ4v) is 1.46.